The molecule has 168 valence electrons. The predicted octanol–water partition coefficient (Wildman–Crippen LogP) is 6.77. The number of benzene rings is 3. The molecule has 0 heterocycles. The van der Waals surface area contributed by atoms with E-state index in [1.54, 1.807) is 12.1 Å². The molecule has 0 aliphatic heterocycles. The van der Waals surface area contributed by atoms with Crippen LogP contribution in [0.1, 0.15) is 45.4 Å². The van der Waals surface area contributed by atoms with Crippen LogP contribution in [0.4, 0.5) is 11.4 Å². The van der Waals surface area contributed by atoms with Crippen molar-refractivity contribution >= 4 is 38.2 Å². The van der Waals surface area contributed by atoms with E-state index in [2.05, 4.69) is 17.2 Å². The monoisotopic (exact) mass is 454 g/mol. The average molecular weight is 455 g/mol. The fraction of sp³-hybridized carbons (Fsp3) is 0.292. The van der Waals surface area contributed by atoms with Crippen LogP contribution < -0.4 is 4.74 Å². The molecule has 0 unspecified atom stereocenters. The van der Waals surface area contributed by atoms with Crippen LogP contribution in [0, 0.1) is 0 Å². The maximum Gasteiger partial charge on any atom is 0.311 e. The number of fused-ring (bicyclic) bond motifs is 1. The molecule has 0 amide bonds. The van der Waals surface area contributed by atoms with Crippen LogP contribution in [-0.2, 0) is 14.9 Å². The molecule has 7 nitrogen and oxygen atoms in total. The minimum Gasteiger partial charge on any atom is -0.426 e. The molecule has 8 heteroatoms. The zero-order chi connectivity index (χ0) is 23.0. The van der Waals surface area contributed by atoms with Gasteiger partial charge in [0.2, 0.25) is 0 Å². The Labute approximate surface area is 187 Å². The third kappa shape index (κ3) is 6.45. The van der Waals surface area contributed by atoms with Crippen molar-refractivity contribution in [1.82, 2.24) is 0 Å². The molecule has 0 fully saturated rings. The molecule has 0 radical (unpaired) electrons. The van der Waals surface area contributed by atoms with Gasteiger partial charge in [0.1, 0.15) is 5.75 Å². The number of carbonyl (C=O) groups excluding carboxylic acids is 1. The molecule has 0 saturated carbocycles. The maximum atomic E-state index is 12.3. The summed E-state index contributed by atoms with van der Waals surface area (Å²) < 4.78 is 37.0. The first kappa shape index (κ1) is 23.6. The molecule has 32 heavy (non-hydrogen) atoms. The summed E-state index contributed by atoms with van der Waals surface area (Å²) in [5.74, 6) is 0.232. The Morgan fingerprint density at radius 3 is 2.25 bits per heavy atom. The van der Waals surface area contributed by atoms with Gasteiger partial charge in [-0.1, -0.05) is 56.9 Å². The molecular weight excluding hydrogens is 428 g/mol. The third-order valence-corrected chi connectivity index (χ3v) is 5.84. The fourth-order valence-corrected chi connectivity index (χ4v) is 3.75. The second kappa shape index (κ2) is 11.0. The Hall–Kier alpha value is -3.10. The number of nitrogens with zero attached hydrogens (tertiary/aromatic N) is 2. The van der Waals surface area contributed by atoms with Gasteiger partial charge in [0.25, 0.3) is 10.1 Å². The summed E-state index contributed by atoms with van der Waals surface area (Å²) in [6.45, 7) is 2.15. The smallest absolute Gasteiger partial charge is 0.311 e. The largest absolute Gasteiger partial charge is 0.426 e. The SMILES string of the molecule is CCCCCCCC(=O)Oc1ccc(N=Nc2ccc(S(=O)(=O)O)cc2)c2ccccc12. The van der Waals surface area contributed by atoms with Crippen molar-refractivity contribution in [3.8, 4) is 5.75 Å². The van der Waals surface area contributed by atoms with E-state index in [4.69, 9.17) is 9.29 Å². The third-order valence-electron chi connectivity index (χ3n) is 4.98. The number of hydrogen-bond donors (Lipinski definition) is 1. The normalized spacial score (nSPS) is 11.8. The summed E-state index contributed by atoms with van der Waals surface area (Å²) in [4.78, 5) is 12.0. The van der Waals surface area contributed by atoms with E-state index in [-0.39, 0.29) is 10.9 Å². The number of esters is 1. The summed E-state index contributed by atoms with van der Waals surface area (Å²) in [5, 5.41) is 9.95. The van der Waals surface area contributed by atoms with Crippen LogP contribution in [0.3, 0.4) is 0 Å². The van der Waals surface area contributed by atoms with Gasteiger partial charge < -0.3 is 4.74 Å². The molecule has 1 N–H and O–H groups in total. The topological polar surface area (TPSA) is 105 Å². The van der Waals surface area contributed by atoms with Crippen molar-refractivity contribution in [3.05, 3.63) is 60.7 Å². The lowest BCUT2D eigenvalue weighted by Gasteiger charge is -2.09. The number of unbranched alkanes of at least 4 members (excludes halogenated alkanes) is 4. The number of ether oxygens (including phenoxy) is 1. The van der Waals surface area contributed by atoms with Crippen LogP contribution in [0.2, 0.25) is 0 Å². The van der Waals surface area contributed by atoms with Crippen molar-refractivity contribution in [3.63, 3.8) is 0 Å². The summed E-state index contributed by atoms with van der Waals surface area (Å²) in [6, 6.07) is 16.3. The van der Waals surface area contributed by atoms with Gasteiger partial charge in [-0.3, -0.25) is 9.35 Å². The van der Waals surface area contributed by atoms with Crippen molar-refractivity contribution < 1.29 is 22.5 Å². The van der Waals surface area contributed by atoms with Crippen LogP contribution in [0.25, 0.3) is 10.8 Å². The van der Waals surface area contributed by atoms with Crippen LogP contribution in [0.5, 0.6) is 5.75 Å². The van der Waals surface area contributed by atoms with Gasteiger partial charge in [-0.15, -0.1) is 5.11 Å². The average Bonchev–Trinajstić information content (AvgIpc) is 2.78. The van der Waals surface area contributed by atoms with Crippen molar-refractivity contribution in [2.45, 2.75) is 50.3 Å². The van der Waals surface area contributed by atoms with E-state index < -0.39 is 10.1 Å². The number of azo groups is 1. The van der Waals surface area contributed by atoms with E-state index in [9.17, 15) is 13.2 Å². The lowest BCUT2D eigenvalue weighted by molar-refractivity contribution is -0.134. The van der Waals surface area contributed by atoms with E-state index in [1.807, 2.05) is 24.3 Å². The van der Waals surface area contributed by atoms with Gasteiger partial charge >= 0.3 is 5.97 Å². The zero-order valence-electron chi connectivity index (χ0n) is 17.9. The second-order valence-corrected chi connectivity index (χ2v) is 8.86. The maximum absolute atomic E-state index is 12.3. The van der Waals surface area contributed by atoms with Crippen molar-refractivity contribution in [2.24, 2.45) is 10.2 Å². The predicted molar refractivity (Wildman–Crippen MR) is 123 cm³/mol. The summed E-state index contributed by atoms with van der Waals surface area (Å²) >= 11 is 0. The molecule has 0 aromatic heterocycles. The summed E-state index contributed by atoms with van der Waals surface area (Å²) in [7, 11) is -4.25. The molecule has 0 aliphatic rings. The first-order valence-electron chi connectivity index (χ1n) is 10.6. The molecular formula is C24H26N2O5S. The van der Waals surface area contributed by atoms with E-state index in [1.165, 1.54) is 30.7 Å². The lowest BCUT2D eigenvalue weighted by Crippen LogP contribution is -2.07. The second-order valence-electron chi connectivity index (χ2n) is 7.44. The Kier molecular flexibility index (Phi) is 8.08. The summed E-state index contributed by atoms with van der Waals surface area (Å²) in [5.41, 5.74) is 1.01. The first-order chi connectivity index (χ1) is 15.4. The highest BCUT2D eigenvalue weighted by atomic mass is 32.2. The molecule has 3 aromatic rings. The van der Waals surface area contributed by atoms with Crippen LogP contribution in [-0.4, -0.2) is 18.9 Å². The van der Waals surface area contributed by atoms with Crippen molar-refractivity contribution in [2.75, 3.05) is 0 Å². The highest BCUT2D eigenvalue weighted by Gasteiger charge is 2.11. The van der Waals surface area contributed by atoms with Gasteiger partial charge in [0, 0.05) is 17.2 Å². The molecule has 0 spiro atoms. The van der Waals surface area contributed by atoms with Gasteiger partial charge in [-0.25, -0.2) is 0 Å². The molecule has 0 saturated heterocycles. The lowest BCUT2D eigenvalue weighted by atomic mass is 10.1. The standard InChI is InChI=1S/C24H26N2O5S/c1-2-3-4-5-6-11-24(27)31-23-17-16-22(20-9-7-8-10-21(20)23)26-25-18-12-14-19(15-13-18)32(28,29)30/h7-10,12-17H,2-6,11H2,1H3,(H,28,29,30). The van der Waals surface area contributed by atoms with Crippen molar-refractivity contribution in [1.29, 1.82) is 0 Å². The highest BCUT2D eigenvalue weighted by molar-refractivity contribution is 7.85. The minimum absolute atomic E-state index is 0.210. The van der Waals surface area contributed by atoms with E-state index in [0.717, 1.165) is 36.5 Å². The van der Waals surface area contributed by atoms with Gasteiger partial charge in [0.15, 0.2) is 0 Å². The van der Waals surface area contributed by atoms with Gasteiger partial charge in [-0.2, -0.15) is 13.5 Å². The molecule has 3 aromatic carbocycles. The number of rotatable bonds is 10. The molecule has 3 rings (SSSR count). The van der Waals surface area contributed by atoms with Crippen LogP contribution >= 0.6 is 0 Å². The Morgan fingerprint density at radius 2 is 1.56 bits per heavy atom. The molecule has 0 aliphatic carbocycles. The van der Waals surface area contributed by atoms with Gasteiger partial charge in [-0.05, 0) is 42.8 Å². The Morgan fingerprint density at radius 1 is 0.875 bits per heavy atom. The zero-order valence-corrected chi connectivity index (χ0v) is 18.7. The van der Waals surface area contributed by atoms with Gasteiger partial charge in [0.05, 0.1) is 16.3 Å². The number of hydrogen-bond acceptors (Lipinski definition) is 6. The summed E-state index contributed by atoms with van der Waals surface area (Å²) in [6.07, 6.45) is 5.70. The molecule has 0 bridgehead atoms. The van der Waals surface area contributed by atoms with Crippen LogP contribution in [0.15, 0.2) is 75.8 Å². The molecule has 0 atom stereocenters. The van der Waals surface area contributed by atoms with E-state index in [0.29, 0.717) is 23.5 Å². The number of carbonyl (C=O) groups is 1. The fourth-order valence-electron chi connectivity index (χ4n) is 3.27. The van der Waals surface area contributed by atoms with E-state index >= 15 is 0 Å². The Balaban J connectivity index is 1.75. The first-order valence-corrected chi connectivity index (χ1v) is 12.0. The Bertz CT molecular complexity index is 1200. The minimum atomic E-state index is -4.25. The quantitative estimate of drug-likeness (QED) is 0.120. The highest BCUT2D eigenvalue weighted by Crippen LogP contribution is 2.34.